The third kappa shape index (κ3) is 3.71. The molecule has 0 aromatic heterocycles. The summed E-state index contributed by atoms with van der Waals surface area (Å²) < 4.78 is 0. The Bertz CT molecular complexity index is 494. The monoisotopic (exact) mass is 246 g/mol. The van der Waals surface area contributed by atoms with E-state index in [4.69, 9.17) is 4.79 Å². The topological polar surface area (TPSA) is 110 Å². The highest BCUT2D eigenvalue weighted by Gasteiger charge is 2.06. The molecule has 5 nitrogen and oxygen atoms in total. The molecular formula is C13H14N2O3. The van der Waals surface area contributed by atoms with E-state index in [9.17, 15) is 10.2 Å². The minimum atomic E-state index is -0.833. The fraction of sp³-hybridized carbons (Fsp3) is 0. The van der Waals surface area contributed by atoms with Crippen molar-refractivity contribution in [2.24, 2.45) is 11.5 Å². The highest BCUT2D eigenvalue weighted by Crippen LogP contribution is 2.34. The minimum Gasteiger partial charge on any atom is -0.507 e. The van der Waals surface area contributed by atoms with Crippen molar-refractivity contribution in [2.45, 2.75) is 0 Å². The summed E-state index contributed by atoms with van der Waals surface area (Å²) in [4.78, 5) is 9.00. The number of primary amides is 2. The molecule has 0 fully saturated rings. The summed E-state index contributed by atoms with van der Waals surface area (Å²) in [6, 6.07) is 13.0. The largest absolute Gasteiger partial charge is 0.507 e. The number of phenolic OH excluding ortho intramolecular Hbond substituents is 2. The lowest BCUT2D eigenvalue weighted by molar-refractivity contribution is 0.256. The average Bonchev–Trinajstić information content (AvgIpc) is 2.30. The molecule has 0 atom stereocenters. The summed E-state index contributed by atoms with van der Waals surface area (Å²) in [6.07, 6.45) is 0. The molecule has 0 heterocycles. The third-order valence-electron chi connectivity index (χ3n) is 2.10. The van der Waals surface area contributed by atoms with Gasteiger partial charge in [0, 0.05) is 11.1 Å². The predicted octanol–water partition coefficient (Wildman–Crippen LogP) is 1.79. The van der Waals surface area contributed by atoms with E-state index in [1.54, 1.807) is 36.4 Å². The molecule has 2 rings (SSSR count). The Labute approximate surface area is 104 Å². The van der Waals surface area contributed by atoms with Crippen LogP contribution in [0.15, 0.2) is 48.5 Å². The van der Waals surface area contributed by atoms with Crippen LogP contribution in [0.3, 0.4) is 0 Å². The Morgan fingerprint density at radius 2 is 1.06 bits per heavy atom. The molecule has 6 N–H and O–H groups in total. The summed E-state index contributed by atoms with van der Waals surface area (Å²) in [5.41, 5.74) is 9.79. The summed E-state index contributed by atoms with van der Waals surface area (Å²) in [5, 5.41) is 19.2. The fourth-order valence-electron chi connectivity index (χ4n) is 1.40. The van der Waals surface area contributed by atoms with E-state index >= 15 is 0 Å². The molecule has 0 radical (unpaired) electrons. The molecule has 5 heteroatoms. The van der Waals surface area contributed by atoms with Crippen LogP contribution in [0.1, 0.15) is 0 Å². The smallest absolute Gasteiger partial charge is 0.309 e. The van der Waals surface area contributed by atoms with Crippen LogP contribution in [-0.2, 0) is 0 Å². The number of phenols is 2. The van der Waals surface area contributed by atoms with E-state index in [0.717, 1.165) is 0 Å². The van der Waals surface area contributed by atoms with Crippen molar-refractivity contribution in [1.82, 2.24) is 0 Å². The van der Waals surface area contributed by atoms with Crippen molar-refractivity contribution in [3.8, 4) is 22.6 Å². The van der Waals surface area contributed by atoms with Gasteiger partial charge in [0.05, 0.1) is 0 Å². The molecule has 94 valence electrons. The van der Waals surface area contributed by atoms with Gasteiger partial charge >= 0.3 is 6.03 Å². The number of hydrogen-bond donors (Lipinski definition) is 4. The van der Waals surface area contributed by atoms with Crippen LogP contribution in [0.5, 0.6) is 11.5 Å². The summed E-state index contributed by atoms with van der Waals surface area (Å²) in [6.45, 7) is 0. The molecule has 18 heavy (non-hydrogen) atoms. The number of benzene rings is 2. The lowest BCUT2D eigenvalue weighted by atomic mass is 10.0. The van der Waals surface area contributed by atoms with Crippen molar-refractivity contribution in [3.05, 3.63) is 48.5 Å². The van der Waals surface area contributed by atoms with Gasteiger partial charge in [0.2, 0.25) is 0 Å². The maximum absolute atomic E-state index is 9.58. The van der Waals surface area contributed by atoms with Gasteiger partial charge in [-0.2, -0.15) is 0 Å². The summed E-state index contributed by atoms with van der Waals surface area (Å²) in [5.74, 6) is 0.350. The molecule has 0 aliphatic heterocycles. The molecule has 0 unspecified atom stereocenters. The first-order valence-electron chi connectivity index (χ1n) is 5.13. The number of nitrogens with two attached hydrogens (primary N) is 2. The first-order valence-corrected chi connectivity index (χ1v) is 5.13. The number of rotatable bonds is 1. The molecule has 0 aliphatic carbocycles. The van der Waals surface area contributed by atoms with E-state index in [2.05, 4.69) is 11.5 Å². The van der Waals surface area contributed by atoms with Gasteiger partial charge in [-0.3, -0.25) is 0 Å². The van der Waals surface area contributed by atoms with Crippen molar-refractivity contribution in [2.75, 3.05) is 0 Å². The van der Waals surface area contributed by atoms with Gasteiger partial charge in [0.25, 0.3) is 0 Å². The Balaban J connectivity index is 0.000000357. The quantitative estimate of drug-likeness (QED) is 0.615. The van der Waals surface area contributed by atoms with Gasteiger partial charge in [-0.1, -0.05) is 36.4 Å². The standard InChI is InChI=1S/C12H10O2.CH4N2O/c13-11-7-3-1-5-9(11)10-6-2-4-8-12(10)14;2-1(3)4/h1-8,13-14H;(H4,2,3,4). The minimum absolute atomic E-state index is 0.175. The van der Waals surface area contributed by atoms with Crippen LogP contribution >= 0.6 is 0 Å². The molecular weight excluding hydrogens is 232 g/mol. The Hall–Kier alpha value is -2.69. The molecule has 0 saturated heterocycles. The van der Waals surface area contributed by atoms with Crippen molar-refractivity contribution < 1.29 is 15.0 Å². The molecule has 0 aliphatic rings. The third-order valence-corrected chi connectivity index (χ3v) is 2.10. The van der Waals surface area contributed by atoms with Crippen LogP contribution < -0.4 is 11.5 Å². The van der Waals surface area contributed by atoms with Gasteiger partial charge in [-0.15, -0.1) is 0 Å². The molecule has 0 saturated carbocycles. The fourth-order valence-corrected chi connectivity index (χ4v) is 1.40. The lowest BCUT2D eigenvalue weighted by Crippen LogP contribution is -2.18. The number of carbonyl (C=O) groups is 1. The highest BCUT2D eigenvalue weighted by molar-refractivity contribution is 5.74. The maximum atomic E-state index is 9.58. The van der Waals surface area contributed by atoms with Crippen LogP contribution in [0.25, 0.3) is 11.1 Å². The number of amides is 2. The van der Waals surface area contributed by atoms with Crippen LogP contribution in [0.4, 0.5) is 4.79 Å². The Morgan fingerprint density at radius 1 is 0.778 bits per heavy atom. The zero-order valence-electron chi connectivity index (χ0n) is 9.58. The average molecular weight is 246 g/mol. The highest BCUT2D eigenvalue weighted by atomic mass is 16.3. The zero-order valence-corrected chi connectivity index (χ0v) is 9.58. The molecule has 2 aromatic rings. The van der Waals surface area contributed by atoms with Crippen molar-refractivity contribution in [1.29, 1.82) is 0 Å². The van der Waals surface area contributed by atoms with E-state index in [1.807, 2.05) is 12.1 Å². The van der Waals surface area contributed by atoms with Gasteiger partial charge in [-0.25, -0.2) is 4.79 Å². The number of hydrogen-bond acceptors (Lipinski definition) is 3. The summed E-state index contributed by atoms with van der Waals surface area (Å²) in [7, 11) is 0. The predicted molar refractivity (Wildman–Crippen MR) is 69.0 cm³/mol. The normalized spacial score (nSPS) is 9.11. The summed E-state index contributed by atoms with van der Waals surface area (Å²) >= 11 is 0. The Kier molecular flexibility index (Phi) is 4.57. The van der Waals surface area contributed by atoms with Crippen molar-refractivity contribution in [3.63, 3.8) is 0 Å². The van der Waals surface area contributed by atoms with Gasteiger partial charge < -0.3 is 21.7 Å². The molecule has 2 amide bonds. The van der Waals surface area contributed by atoms with Crippen LogP contribution in [0.2, 0.25) is 0 Å². The lowest BCUT2D eigenvalue weighted by Gasteiger charge is -2.05. The van der Waals surface area contributed by atoms with Gasteiger partial charge in [0.15, 0.2) is 0 Å². The van der Waals surface area contributed by atoms with Crippen LogP contribution in [0, 0.1) is 0 Å². The first-order chi connectivity index (χ1) is 8.52. The van der Waals surface area contributed by atoms with Gasteiger partial charge in [0.1, 0.15) is 11.5 Å². The molecule has 0 bridgehead atoms. The second-order valence-electron chi connectivity index (χ2n) is 3.44. The van der Waals surface area contributed by atoms with Crippen molar-refractivity contribution >= 4 is 6.03 Å². The van der Waals surface area contributed by atoms with E-state index in [0.29, 0.717) is 11.1 Å². The molecule has 0 spiro atoms. The first kappa shape index (κ1) is 13.4. The second kappa shape index (κ2) is 6.15. The number of urea groups is 1. The maximum Gasteiger partial charge on any atom is 0.309 e. The second-order valence-corrected chi connectivity index (χ2v) is 3.44. The van der Waals surface area contributed by atoms with E-state index in [1.165, 1.54) is 0 Å². The van der Waals surface area contributed by atoms with Gasteiger partial charge in [-0.05, 0) is 12.1 Å². The number of carbonyl (C=O) groups excluding carboxylic acids is 1. The Morgan fingerprint density at radius 3 is 1.33 bits per heavy atom. The van der Waals surface area contributed by atoms with E-state index < -0.39 is 6.03 Å². The van der Waals surface area contributed by atoms with E-state index in [-0.39, 0.29) is 11.5 Å². The number of aromatic hydroxyl groups is 2. The molecule has 2 aromatic carbocycles. The number of para-hydroxylation sites is 2. The SMILES string of the molecule is NC(N)=O.Oc1ccccc1-c1ccccc1O. The van der Waals surface area contributed by atoms with Crippen LogP contribution in [-0.4, -0.2) is 16.2 Å². The zero-order chi connectivity index (χ0) is 13.5.